The Morgan fingerprint density at radius 1 is 1.16 bits per heavy atom. The van der Waals surface area contributed by atoms with Crippen LogP contribution in [0.25, 0.3) is 11.5 Å². The zero-order chi connectivity index (χ0) is 22.7. The Hall–Kier alpha value is -3.53. The molecule has 1 N–H and O–H groups in total. The Balaban J connectivity index is 1.37. The van der Waals surface area contributed by atoms with Gasteiger partial charge in [0, 0.05) is 12.1 Å². The van der Waals surface area contributed by atoms with Gasteiger partial charge in [0.15, 0.2) is 21.3 Å². The molecule has 168 valence electrons. The van der Waals surface area contributed by atoms with Crippen LogP contribution < -0.4 is 19.5 Å². The highest BCUT2D eigenvalue weighted by Crippen LogP contribution is 2.32. The standard InChI is InChI=1S/C22H22N2O7S/c1-14-18(24-22(31-14)16-4-3-5-17(9-16)28-2)11-32(26,27)12-21(25)23-10-15-6-7-19-20(8-15)30-13-29-19/h3-9H,10-13H2,1-2H3,(H,23,25). The van der Waals surface area contributed by atoms with Gasteiger partial charge in [-0.2, -0.15) is 0 Å². The molecule has 0 spiro atoms. The molecule has 0 aliphatic carbocycles. The molecular formula is C22H22N2O7S. The predicted molar refractivity (Wildman–Crippen MR) is 115 cm³/mol. The summed E-state index contributed by atoms with van der Waals surface area (Å²) in [4.78, 5) is 16.6. The molecular weight excluding hydrogens is 436 g/mol. The fraction of sp³-hybridized carbons (Fsp3) is 0.273. The lowest BCUT2D eigenvalue weighted by atomic mass is 10.2. The largest absolute Gasteiger partial charge is 0.497 e. The molecule has 9 nitrogen and oxygen atoms in total. The third kappa shape index (κ3) is 5.02. The first-order chi connectivity index (χ1) is 15.3. The number of methoxy groups -OCH3 is 1. The Bertz CT molecular complexity index is 1250. The Morgan fingerprint density at radius 2 is 1.97 bits per heavy atom. The summed E-state index contributed by atoms with van der Waals surface area (Å²) in [5.74, 6) is 0.883. The number of hydrogen-bond acceptors (Lipinski definition) is 8. The van der Waals surface area contributed by atoms with Crippen LogP contribution in [0.4, 0.5) is 0 Å². The van der Waals surface area contributed by atoms with Gasteiger partial charge in [-0.25, -0.2) is 13.4 Å². The molecule has 10 heteroatoms. The second-order valence-electron chi connectivity index (χ2n) is 7.25. The van der Waals surface area contributed by atoms with E-state index in [1.54, 1.807) is 56.5 Å². The van der Waals surface area contributed by atoms with Crippen LogP contribution in [-0.4, -0.2) is 39.0 Å². The Kier molecular flexibility index (Phi) is 6.04. The second kappa shape index (κ2) is 8.91. The molecule has 0 unspecified atom stereocenters. The fourth-order valence-corrected chi connectivity index (χ4v) is 4.49. The number of aromatic nitrogens is 1. The van der Waals surface area contributed by atoms with Gasteiger partial charge in [-0.05, 0) is 42.8 Å². The number of rotatable bonds is 8. The lowest BCUT2D eigenvalue weighted by molar-refractivity contribution is -0.118. The van der Waals surface area contributed by atoms with Gasteiger partial charge in [-0.1, -0.05) is 12.1 Å². The number of fused-ring (bicyclic) bond motifs is 1. The van der Waals surface area contributed by atoms with E-state index in [4.69, 9.17) is 18.6 Å². The number of carbonyl (C=O) groups excluding carboxylic acids is 1. The number of carbonyl (C=O) groups is 1. The van der Waals surface area contributed by atoms with Crippen LogP contribution in [0.2, 0.25) is 0 Å². The van der Waals surface area contributed by atoms with E-state index in [0.29, 0.717) is 34.5 Å². The van der Waals surface area contributed by atoms with Crippen LogP contribution in [0.1, 0.15) is 17.0 Å². The van der Waals surface area contributed by atoms with Gasteiger partial charge in [0.25, 0.3) is 0 Å². The summed E-state index contributed by atoms with van der Waals surface area (Å²) >= 11 is 0. The van der Waals surface area contributed by atoms with E-state index < -0.39 is 27.3 Å². The molecule has 1 aliphatic rings. The minimum absolute atomic E-state index is 0.157. The average molecular weight is 458 g/mol. The van der Waals surface area contributed by atoms with Crippen molar-refractivity contribution in [1.82, 2.24) is 10.3 Å². The lowest BCUT2D eigenvalue weighted by Crippen LogP contribution is -2.30. The van der Waals surface area contributed by atoms with Crippen LogP contribution in [-0.2, 0) is 26.9 Å². The summed E-state index contributed by atoms with van der Waals surface area (Å²) in [6, 6.07) is 12.4. The van der Waals surface area contributed by atoms with Crippen molar-refractivity contribution in [2.75, 3.05) is 19.7 Å². The zero-order valence-electron chi connectivity index (χ0n) is 17.6. The summed E-state index contributed by atoms with van der Waals surface area (Å²) in [6.07, 6.45) is 0. The van der Waals surface area contributed by atoms with E-state index in [2.05, 4.69) is 10.3 Å². The van der Waals surface area contributed by atoms with Crippen molar-refractivity contribution in [3.8, 4) is 28.7 Å². The zero-order valence-corrected chi connectivity index (χ0v) is 18.4. The minimum Gasteiger partial charge on any atom is -0.497 e. The summed E-state index contributed by atoms with van der Waals surface area (Å²) in [5.41, 5.74) is 1.71. The van der Waals surface area contributed by atoms with Gasteiger partial charge in [0.05, 0.1) is 18.6 Å². The molecule has 0 bridgehead atoms. The lowest BCUT2D eigenvalue weighted by Gasteiger charge is -2.07. The highest BCUT2D eigenvalue weighted by Gasteiger charge is 2.22. The SMILES string of the molecule is COc1cccc(-c2nc(CS(=O)(=O)CC(=O)NCc3ccc4c(c3)OCO4)c(C)o2)c1. The number of sulfone groups is 1. The normalized spacial score (nSPS) is 12.6. The number of aryl methyl sites for hydroxylation is 1. The number of benzene rings is 2. The molecule has 3 aromatic rings. The maximum Gasteiger partial charge on any atom is 0.235 e. The van der Waals surface area contributed by atoms with Crippen LogP contribution in [0.15, 0.2) is 46.9 Å². The molecule has 4 rings (SSSR count). The molecule has 1 aliphatic heterocycles. The first-order valence-electron chi connectivity index (χ1n) is 9.79. The third-order valence-electron chi connectivity index (χ3n) is 4.84. The monoisotopic (exact) mass is 458 g/mol. The van der Waals surface area contributed by atoms with E-state index >= 15 is 0 Å². The molecule has 0 saturated heterocycles. The number of oxazole rings is 1. The highest BCUT2D eigenvalue weighted by molar-refractivity contribution is 7.91. The number of hydrogen-bond donors (Lipinski definition) is 1. The van der Waals surface area contributed by atoms with Gasteiger partial charge in [-0.15, -0.1) is 0 Å². The van der Waals surface area contributed by atoms with Crippen LogP contribution >= 0.6 is 0 Å². The van der Waals surface area contributed by atoms with Gasteiger partial charge in [0.1, 0.15) is 17.3 Å². The first kappa shape index (κ1) is 21.7. The quantitative estimate of drug-likeness (QED) is 0.548. The van der Waals surface area contributed by atoms with Crippen molar-refractivity contribution in [2.24, 2.45) is 0 Å². The number of nitrogens with one attached hydrogen (secondary N) is 1. The highest BCUT2D eigenvalue weighted by atomic mass is 32.2. The second-order valence-corrected chi connectivity index (χ2v) is 9.31. The molecule has 32 heavy (non-hydrogen) atoms. The maximum absolute atomic E-state index is 12.6. The summed E-state index contributed by atoms with van der Waals surface area (Å²) in [5, 5.41) is 2.62. The van der Waals surface area contributed by atoms with Gasteiger partial charge in [-0.3, -0.25) is 4.79 Å². The molecule has 2 aromatic carbocycles. The van der Waals surface area contributed by atoms with E-state index in [9.17, 15) is 13.2 Å². The number of nitrogens with zero attached hydrogens (tertiary/aromatic N) is 1. The van der Waals surface area contributed by atoms with Crippen molar-refractivity contribution in [3.63, 3.8) is 0 Å². The molecule has 0 saturated carbocycles. The van der Waals surface area contributed by atoms with Gasteiger partial charge in [0.2, 0.25) is 18.6 Å². The van der Waals surface area contributed by atoms with Crippen molar-refractivity contribution in [3.05, 3.63) is 59.5 Å². The van der Waals surface area contributed by atoms with Crippen molar-refractivity contribution >= 4 is 15.7 Å². The third-order valence-corrected chi connectivity index (χ3v) is 6.26. The first-order valence-corrected chi connectivity index (χ1v) is 11.6. The molecule has 2 heterocycles. The summed E-state index contributed by atoms with van der Waals surface area (Å²) in [7, 11) is -2.20. The minimum atomic E-state index is -3.76. The molecule has 0 atom stereocenters. The topological polar surface area (TPSA) is 117 Å². The van der Waals surface area contributed by atoms with Crippen LogP contribution in [0.3, 0.4) is 0 Å². The van der Waals surface area contributed by atoms with E-state index in [1.165, 1.54) is 0 Å². The average Bonchev–Trinajstić information content (AvgIpc) is 3.38. The maximum atomic E-state index is 12.6. The van der Waals surface area contributed by atoms with Crippen molar-refractivity contribution < 1.29 is 31.8 Å². The Morgan fingerprint density at radius 3 is 2.78 bits per heavy atom. The van der Waals surface area contributed by atoms with Crippen LogP contribution in [0.5, 0.6) is 17.2 Å². The predicted octanol–water partition coefficient (Wildman–Crippen LogP) is 2.62. The van der Waals surface area contributed by atoms with Crippen molar-refractivity contribution in [1.29, 1.82) is 0 Å². The van der Waals surface area contributed by atoms with Crippen LogP contribution in [0, 0.1) is 6.92 Å². The molecule has 0 radical (unpaired) electrons. The molecule has 0 fully saturated rings. The number of amides is 1. The van der Waals surface area contributed by atoms with E-state index in [1.807, 2.05) is 0 Å². The fourth-order valence-electron chi connectivity index (χ4n) is 3.20. The Labute approximate surface area is 185 Å². The van der Waals surface area contributed by atoms with Crippen molar-refractivity contribution in [2.45, 2.75) is 19.2 Å². The van der Waals surface area contributed by atoms with E-state index in [-0.39, 0.29) is 19.0 Å². The summed E-state index contributed by atoms with van der Waals surface area (Å²) < 4.78 is 46.5. The summed E-state index contributed by atoms with van der Waals surface area (Å²) in [6.45, 7) is 1.97. The van der Waals surface area contributed by atoms with Gasteiger partial charge >= 0.3 is 0 Å². The van der Waals surface area contributed by atoms with Gasteiger partial charge < -0.3 is 23.9 Å². The molecule has 1 aromatic heterocycles. The smallest absolute Gasteiger partial charge is 0.235 e. The van der Waals surface area contributed by atoms with E-state index in [0.717, 1.165) is 5.56 Å². The molecule has 1 amide bonds. The number of ether oxygens (including phenoxy) is 3.